The van der Waals surface area contributed by atoms with Gasteiger partial charge in [0.05, 0.1) is 5.75 Å². The first-order valence-electron chi connectivity index (χ1n) is 7.22. The molecule has 0 amide bonds. The van der Waals surface area contributed by atoms with E-state index in [1.165, 1.54) is 38.5 Å². The van der Waals surface area contributed by atoms with E-state index in [9.17, 15) is 8.42 Å². The van der Waals surface area contributed by atoms with E-state index in [0.29, 0.717) is 6.42 Å². The molecule has 0 aromatic heterocycles. The molecule has 0 unspecified atom stereocenters. The predicted octanol–water partition coefficient (Wildman–Crippen LogP) is 2.99. The van der Waals surface area contributed by atoms with Crippen LogP contribution in [0.1, 0.15) is 64.7 Å². The fourth-order valence-corrected chi connectivity index (χ4v) is 2.44. The highest BCUT2D eigenvalue weighted by atomic mass is 32.2. The van der Waals surface area contributed by atoms with Crippen LogP contribution >= 0.6 is 0 Å². The summed E-state index contributed by atoms with van der Waals surface area (Å²) < 4.78 is 29.4. The molecule has 0 heterocycles. The fourth-order valence-electron chi connectivity index (χ4n) is 1.87. The van der Waals surface area contributed by atoms with Crippen LogP contribution in [0.2, 0.25) is 0 Å². The lowest BCUT2D eigenvalue weighted by Crippen LogP contribution is -2.16. The van der Waals surface area contributed by atoms with Crippen molar-refractivity contribution in [1.82, 2.24) is 5.32 Å². The van der Waals surface area contributed by atoms with Crippen molar-refractivity contribution in [3.05, 3.63) is 0 Å². The quantitative estimate of drug-likeness (QED) is 0.402. The average molecular weight is 279 g/mol. The summed E-state index contributed by atoms with van der Waals surface area (Å²) in [6.45, 7) is 4.23. The SMILES string of the molecule is CCCCCCCCNCCCCCS(=O)(=O)O. The first kappa shape index (κ1) is 17.9. The van der Waals surface area contributed by atoms with Crippen LogP contribution in [0.25, 0.3) is 0 Å². The molecule has 0 saturated heterocycles. The zero-order valence-corrected chi connectivity index (χ0v) is 12.5. The Balaban J connectivity index is 3.03. The van der Waals surface area contributed by atoms with E-state index in [1.54, 1.807) is 0 Å². The zero-order valence-electron chi connectivity index (χ0n) is 11.7. The van der Waals surface area contributed by atoms with Crippen molar-refractivity contribution in [3.8, 4) is 0 Å². The molecule has 110 valence electrons. The molecule has 0 aliphatic carbocycles. The van der Waals surface area contributed by atoms with E-state index in [4.69, 9.17) is 4.55 Å². The maximum Gasteiger partial charge on any atom is 0.264 e. The Morgan fingerprint density at radius 2 is 1.33 bits per heavy atom. The van der Waals surface area contributed by atoms with Crippen molar-refractivity contribution < 1.29 is 13.0 Å². The number of hydrogen-bond acceptors (Lipinski definition) is 3. The molecule has 0 aliphatic heterocycles. The molecular formula is C13H29NO3S. The van der Waals surface area contributed by atoms with Crippen LogP contribution in [0.3, 0.4) is 0 Å². The summed E-state index contributed by atoms with van der Waals surface area (Å²) in [5, 5.41) is 3.36. The van der Waals surface area contributed by atoms with Crippen molar-refractivity contribution in [3.63, 3.8) is 0 Å². The standard InChI is InChI=1S/C13H29NO3S/c1-2-3-4-5-6-8-11-14-12-9-7-10-13-18(15,16)17/h14H,2-13H2,1H3,(H,15,16,17). The Hall–Kier alpha value is -0.130. The van der Waals surface area contributed by atoms with Crippen molar-refractivity contribution >= 4 is 10.1 Å². The van der Waals surface area contributed by atoms with E-state index in [1.807, 2.05) is 0 Å². The molecule has 0 bridgehead atoms. The van der Waals surface area contributed by atoms with Gasteiger partial charge in [-0.05, 0) is 32.4 Å². The molecule has 0 radical (unpaired) electrons. The second kappa shape index (κ2) is 11.9. The van der Waals surface area contributed by atoms with Gasteiger partial charge in [0.2, 0.25) is 0 Å². The number of nitrogens with one attached hydrogen (secondary N) is 1. The van der Waals surface area contributed by atoms with Gasteiger partial charge >= 0.3 is 0 Å². The van der Waals surface area contributed by atoms with Crippen molar-refractivity contribution in [2.75, 3.05) is 18.8 Å². The molecule has 0 spiro atoms. The van der Waals surface area contributed by atoms with Crippen LogP contribution in [-0.2, 0) is 10.1 Å². The largest absolute Gasteiger partial charge is 0.317 e. The minimum absolute atomic E-state index is 0.107. The van der Waals surface area contributed by atoms with Crippen molar-refractivity contribution in [2.24, 2.45) is 0 Å². The fraction of sp³-hybridized carbons (Fsp3) is 1.00. The third kappa shape index (κ3) is 15.9. The molecule has 0 aliphatic rings. The third-order valence-electron chi connectivity index (χ3n) is 2.96. The van der Waals surface area contributed by atoms with Gasteiger partial charge in [0, 0.05) is 0 Å². The van der Waals surface area contributed by atoms with Gasteiger partial charge < -0.3 is 5.32 Å². The van der Waals surface area contributed by atoms with Gasteiger partial charge in [-0.2, -0.15) is 8.42 Å². The summed E-state index contributed by atoms with van der Waals surface area (Å²) >= 11 is 0. The monoisotopic (exact) mass is 279 g/mol. The summed E-state index contributed by atoms with van der Waals surface area (Å²) in [4.78, 5) is 0. The van der Waals surface area contributed by atoms with Gasteiger partial charge in [-0.25, -0.2) is 0 Å². The molecule has 0 fully saturated rings. The van der Waals surface area contributed by atoms with Gasteiger partial charge in [0.15, 0.2) is 0 Å². The Morgan fingerprint density at radius 3 is 1.89 bits per heavy atom. The van der Waals surface area contributed by atoms with Crippen LogP contribution in [0.4, 0.5) is 0 Å². The van der Waals surface area contributed by atoms with Crippen LogP contribution in [0.5, 0.6) is 0 Å². The highest BCUT2D eigenvalue weighted by Gasteiger charge is 2.02. The maximum absolute atomic E-state index is 10.5. The number of hydrogen-bond donors (Lipinski definition) is 2. The summed E-state index contributed by atoms with van der Waals surface area (Å²) in [6.07, 6.45) is 10.2. The number of unbranched alkanes of at least 4 members (excludes halogenated alkanes) is 7. The summed E-state index contributed by atoms with van der Waals surface area (Å²) in [7, 11) is -3.76. The molecule has 4 nitrogen and oxygen atoms in total. The molecule has 0 saturated carbocycles. The van der Waals surface area contributed by atoms with Gasteiger partial charge in [0.1, 0.15) is 0 Å². The molecule has 0 aromatic rings. The molecule has 0 atom stereocenters. The van der Waals surface area contributed by atoms with Crippen LogP contribution < -0.4 is 5.32 Å². The van der Waals surface area contributed by atoms with Crippen molar-refractivity contribution in [2.45, 2.75) is 64.7 Å². The van der Waals surface area contributed by atoms with E-state index in [0.717, 1.165) is 25.9 Å². The summed E-state index contributed by atoms with van der Waals surface area (Å²) in [5.74, 6) is -0.107. The highest BCUT2D eigenvalue weighted by molar-refractivity contribution is 7.85. The predicted molar refractivity (Wildman–Crippen MR) is 76.5 cm³/mol. The minimum Gasteiger partial charge on any atom is -0.317 e. The third-order valence-corrected chi connectivity index (χ3v) is 3.77. The molecule has 18 heavy (non-hydrogen) atoms. The van der Waals surface area contributed by atoms with Crippen LogP contribution in [0, 0.1) is 0 Å². The van der Waals surface area contributed by atoms with Gasteiger partial charge in [0.25, 0.3) is 10.1 Å². The maximum atomic E-state index is 10.5. The van der Waals surface area contributed by atoms with E-state index in [2.05, 4.69) is 12.2 Å². The lowest BCUT2D eigenvalue weighted by Gasteiger charge is -2.04. The van der Waals surface area contributed by atoms with E-state index < -0.39 is 10.1 Å². The van der Waals surface area contributed by atoms with Gasteiger partial charge in [-0.3, -0.25) is 4.55 Å². The summed E-state index contributed by atoms with van der Waals surface area (Å²) in [6, 6.07) is 0. The molecule has 2 N–H and O–H groups in total. The number of rotatable bonds is 13. The van der Waals surface area contributed by atoms with Gasteiger partial charge in [-0.1, -0.05) is 45.4 Å². The lowest BCUT2D eigenvalue weighted by molar-refractivity contribution is 0.478. The topological polar surface area (TPSA) is 66.4 Å². The minimum atomic E-state index is -3.76. The Kier molecular flexibility index (Phi) is 11.8. The van der Waals surface area contributed by atoms with E-state index in [-0.39, 0.29) is 5.75 Å². The summed E-state index contributed by atoms with van der Waals surface area (Å²) in [5.41, 5.74) is 0. The second-order valence-corrected chi connectivity index (χ2v) is 6.44. The highest BCUT2D eigenvalue weighted by Crippen LogP contribution is 2.04. The van der Waals surface area contributed by atoms with Crippen LogP contribution in [-0.4, -0.2) is 31.8 Å². The molecular weight excluding hydrogens is 250 g/mol. The molecule has 5 heteroatoms. The second-order valence-electron chi connectivity index (χ2n) is 4.86. The Labute approximate surface area is 112 Å². The average Bonchev–Trinajstić information content (AvgIpc) is 2.29. The molecule has 0 aromatic carbocycles. The zero-order chi connectivity index (χ0) is 13.7. The van der Waals surface area contributed by atoms with E-state index >= 15 is 0 Å². The van der Waals surface area contributed by atoms with Crippen LogP contribution in [0.15, 0.2) is 0 Å². The normalized spacial score (nSPS) is 11.9. The lowest BCUT2D eigenvalue weighted by atomic mass is 10.1. The smallest absolute Gasteiger partial charge is 0.264 e. The van der Waals surface area contributed by atoms with Crippen molar-refractivity contribution in [1.29, 1.82) is 0 Å². The Morgan fingerprint density at radius 1 is 0.833 bits per heavy atom. The first-order valence-corrected chi connectivity index (χ1v) is 8.83. The first-order chi connectivity index (χ1) is 8.56. The Bertz CT molecular complexity index is 265. The molecule has 0 rings (SSSR count). The van der Waals surface area contributed by atoms with Gasteiger partial charge in [-0.15, -0.1) is 0 Å².